The molecule has 6 nitrogen and oxygen atoms in total. The van der Waals surface area contributed by atoms with Gasteiger partial charge in [0.15, 0.2) is 9.84 Å². The van der Waals surface area contributed by atoms with E-state index in [9.17, 15) is 32.6 Å². The van der Waals surface area contributed by atoms with E-state index in [1.165, 1.54) is 24.3 Å². The van der Waals surface area contributed by atoms with E-state index < -0.39 is 43.3 Å². The highest BCUT2D eigenvalue weighted by molar-refractivity contribution is 8.45. The van der Waals surface area contributed by atoms with Crippen LogP contribution in [0.15, 0.2) is 59.0 Å². The molecule has 0 N–H and O–H groups in total. The van der Waals surface area contributed by atoms with Crippen LogP contribution in [0.4, 0.5) is 19.4 Å². The fraction of sp³-hybridized carbons (Fsp3) is 0.263. The monoisotopic (exact) mass is 498 g/mol. The Balaban J connectivity index is 1.85. The van der Waals surface area contributed by atoms with Crippen molar-refractivity contribution in [3.8, 4) is 5.88 Å². The van der Waals surface area contributed by atoms with Gasteiger partial charge in [-0.15, -0.1) is 0 Å². The quantitative estimate of drug-likeness (QED) is 0.521. The highest BCUT2D eigenvalue weighted by Gasteiger charge is 2.65. The van der Waals surface area contributed by atoms with E-state index in [0.717, 1.165) is 17.5 Å². The number of benzene rings is 1. The van der Waals surface area contributed by atoms with E-state index >= 15 is 0 Å². The van der Waals surface area contributed by atoms with Gasteiger partial charge >= 0.3 is 10.2 Å². The van der Waals surface area contributed by atoms with Gasteiger partial charge in [-0.05, 0) is 35.4 Å². The number of aromatic nitrogens is 1. The second-order valence-corrected chi connectivity index (χ2v) is 11.6. The summed E-state index contributed by atoms with van der Waals surface area (Å²) in [6.07, 6.45) is 2.38. The molecule has 2 heterocycles. The molecule has 0 saturated heterocycles. The Kier molecular flexibility index (Phi) is 5.58. The molecule has 1 aromatic carbocycles. The van der Waals surface area contributed by atoms with Crippen LogP contribution in [-0.2, 0) is 27.6 Å². The highest BCUT2D eigenvalue weighted by Crippen LogP contribution is 3.02. The molecule has 0 bridgehead atoms. The average molecular weight is 498 g/mol. The van der Waals surface area contributed by atoms with Crippen LogP contribution < -0.4 is 4.74 Å². The smallest absolute Gasteiger partial charge is 0.310 e. The second kappa shape index (κ2) is 7.44. The minimum absolute atomic E-state index is 0.0220. The van der Waals surface area contributed by atoms with Crippen LogP contribution in [0.2, 0.25) is 0 Å². The number of carbonyl (C=O) groups is 1. The Morgan fingerprint density at radius 2 is 1.78 bits per heavy atom. The molecule has 0 fully saturated rings. The largest absolute Gasteiger partial charge is 0.481 e. The number of sulfone groups is 1. The number of ether oxygens (including phenoxy) is 1. The lowest BCUT2D eigenvalue weighted by molar-refractivity contribution is -0.132. The first-order valence-corrected chi connectivity index (χ1v) is 12.8. The van der Waals surface area contributed by atoms with Gasteiger partial charge in [0.05, 0.1) is 25.3 Å². The minimum Gasteiger partial charge on any atom is -0.481 e. The van der Waals surface area contributed by atoms with Crippen molar-refractivity contribution in [1.29, 1.82) is 0 Å². The van der Waals surface area contributed by atoms with Crippen LogP contribution in [0.5, 0.6) is 5.88 Å². The third kappa shape index (κ3) is 5.97. The summed E-state index contributed by atoms with van der Waals surface area (Å²) in [4.78, 5) is 16.1. The summed E-state index contributed by atoms with van der Waals surface area (Å²) in [7, 11) is -11.9. The molecule has 2 aromatic rings. The van der Waals surface area contributed by atoms with Crippen LogP contribution in [-0.4, -0.2) is 43.1 Å². The molecule has 1 amide bonds. The maximum Gasteiger partial charge on any atom is 0.310 e. The van der Waals surface area contributed by atoms with E-state index in [1.54, 1.807) is 12.1 Å². The lowest BCUT2D eigenvalue weighted by atomic mass is 10.1. The summed E-state index contributed by atoms with van der Waals surface area (Å²) in [6, 6.07) is 4.44. The predicted octanol–water partition coefficient (Wildman–Crippen LogP) is 4.63. The van der Waals surface area contributed by atoms with Gasteiger partial charge < -0.3 is 9.64 Å². The molecule has 1 aliphatic rings. The van der Waals surface area contributed by atoms with Crippen molar-refractivity contribution >= 4 is 26.0 Å². The van der Waals surface area contributed by atoms with Crippen LogP contribution >= 0.6 is 10.2 Å². The lowest BCUT2D eigenvalue weighted by Gasteiger charge is -2.40. The van der Waals surface area contributed by atoms with Crippen LogP contribution in [0.1, 0.15) is 11.1 Å². The molecule has 0 saturated carbocycles. The van der Waals surface area contributed by atoms with E-state index in [0.29, 0.717) is 5.56 Å². The van der Waals surface area contributed by atoms with Gasteiger partial charge in [0.1, 0.15) is 4.90 Å². The third-order valence-corrected chi connectivity index (χ3v) is 7.26. The lowest BCUT2D eigenvalue weighted by Crippen LogP contribution is -2.41. The van der Waals surface area contributed by atoms with Crippen molar-refractivity contribution < 1.29 is 37.4 Å². The maximum atomic E-state index is 13.0. The standard InChI is InChI=1S/C19H19F5N2O4S2/c1-30-18-10-15(6-8-25-18)12-26(16-7-9-31(28,29)13-16)19(27)11-14-2-4-17(5-3-14)32(20,21,22,23)24/h2-10,16H,11-13H2,1H3/t16-/m0/s1. The number of hydrogen-bond acceptors (Lipinski definition) is 5. The summed E-state index contributed by atoms with van der Waals surface area (Å²) in [6.45, 7) is -0.0220. The molecule has 0 unspecified atom stereocenters. The van der Waals surface area contributed by atoms with Gasteiger partial charge in [-0.2, -0.15) is 0 Å². The Labute approximate surface area is 181 Å². The number of carbonyl (C=O) groups excluding carboxylic acids is 1. The van der Waals surface area contributed by atoms with Gasteiger partial charge in [0, 0.05) is 24.2 Å². The Morgan fingerprint density at radius 3 is 2.31 bits per heavy atom. The van der Waals surface area contributed by atoms with Crippen LogP contribution in [0, 0.1) is 0 Å². The molecular formula is C19H19F5N2O4S2. The van der Waals surface area contributed by atoms with Crippen LogP contribution in [0.3, 0.4) is 0 Å². The topological polar surface area (TPSA) is 76.6 Å². The van der Waals surface area contributed by atoms with Crippen LogP contribution in [0.25, 0.3) is 0 Å². The zero-order valence-electron chi connectivity index (χ0n) is 16.6. The molecule has 13 heteroatoms. The van der Waals surface area contributed by atoms with Crippen molar-refractivity contribution in [2.45, 2.75) is 23.9 Å². The molecule has 176 valence electrons. The minimum atomic E-state index is -9.82. The summed E-state index contributed by atoms with van der Waals surface area (Å²) in [5.41, 5.74) is 0.655. The van der Waals surface area contributed by atoms with E-state index in [-0.39, 0.29) is 35.9 Å². The van der Waals surface area contributed by atoms with Gasteiger partial charge in [-0.1, -0.05) is 31.6 Å². The summed E-state index contributed by atoms with van der Waals surface area (Å²) in [5, 5.41) is 0.995. The normalized spacial score (nSPS) is 19.8. The number of amides is 1. The number of pyridine rings is 1. The molecule has 1 atom stereocenters. The first-order valence-electron chi connectivity index (χ1n) is 9.09. The molecular weight excluding hydrogens is 479 g/mol. The van der Waals surface area contributed by atoms with Crippen molar-refractivity contribution in [3.05, 3.63) is 65.2 Å². The summed E-state index contributed by atoms with van der Waals surface area (Å²) >= 11 is 0. The van der Waals surface area contributed by atoms with Gasteiger partial charge in [-0.3, -0.25) is 4.79 Å². The molecule has 0 radical (unpaired) electrons. The average Bonchev–Trinajstić information content (AvgIpc) is 3.04. The zero-order chi connectivity index (χ0) is 23.8. The number of methoxy groups -OCH3 is 1. The van der Waals surface area contributed by atoms with Crippen molar-refractivity contribution in [2.75, 3.05) is 12.9 Å². The fourth-order valence-electron chi connectivity index (χ4n) is 3.14. The Morgan fingerprint density at radius 1 is 1.12 bits per heavy atom. The van der Waals surface area contributed by atoms with Gasteiger partial charge in [0.25, 0.3) is 0 Å². The molecule has 32 heavy (non-hydrogen) atoms. The van der Waals surface area contributed by atoms with Crippen molar-refractivity contribution in [3.63, 3.8) is 0 Å². The van der Waals surface area contributed by atoms with Gasteiger partial charge in [0.2, 0.25) is 11.8 Å². The molecule has 0 spiro atoms. The fourth-order valence-corrected chi connectivity index (χ4v) is 5.09. The highest BCUT2D eigenvalue weighted by atomic mass is 32.5. The Bertz CT molecular complexity index is 1170. The molecule has 1 aromatic heterocycles. The number of halogens is 5. The SMILES string of the molecule is COc1cc(CN(C(=O)Cc2ccc(S(F)(F)(F)(F)F)cc2)[C@H]2C=CS(=O)(=O)C2)ccn1. The third-order valence-electron chi connectivity index (χ3n) is 4.72. The van der Waals surface area contributed by atoms with Crippen molar-refractivity contribution in [2.24, 2.45) is 0 Å². The van der Waals surface area contributed by atoms with Crippen molar-refractivity contribution in [1.82, 2.24) is 9.88 Å². The first kappa shape index (κ1) is 24.0. The van der Waals surface area contributed by atoms with Gasteiger partial charge in [-0.25, -0.2) is 13.4 Å². The molecule has 1 aliphatic heterocycles. The number of nitrogens with zero attached hydrogens (tertiary/aromatic N) is 2. The maximum absolute atomic E-state index is 13.0. The first-order chi connectivity index (χ1) is 14.6. The second-order valence-electron chi connectivity index (χ2n) is 7.24. The molecule has 3 rings (SSSR count). The predicted molar refractivity (Wildman–Crippen MR) is 110 cm³/mol. The Hall–Kier alpha value is -2.67. The number of hydrogen-bond donors (Lipinski definition) is 0. The van der Waals surface area contributed by atoms with E-state index in [2.05, 4.69) is 4.98 Å². The summed E-state index contributed by atoms with van der Waals surface area (Å²) in [5.74, 6) is -0.659. The summed E-state index contributed by atoms with van der Waals surface area (Å²) < 4.78 is 93.2. The number of rotatable bonds is 7. The van der Waals surface area contributed by atoms with E-state index in [4.69, 9.17) is 4.74 Å². The zero-order valence-corrected chi connectivity index (χ0v) is 18.3. The van der Waals surface area contributed by atoms with E-state index in [1.807, 2.05) is 0 Å². The molecule has 0 aliphatic carbocycles.